The van der Waals surface area contributed by atoms with E-state index in [-0.39, 0.29) is 0 Å². The minimum atomic E-state index is 0.692. The Labute approximate surface area is 146 Å². The van der Waals surface area contributed by atoms with Crippen molar-refractivity contribution in [3.05, 3.63) is 65.8 Å². The number of fused-ring (bicyclic) bond motifs is 1. The molecule has 126 valence electrons. The van der Waals surface area contributed by atoms with Gasteiger partial charge in [0.05, 0.1) is 30.1 Å². The molecule has 3 heterocycles. The minimum Gasteiger partial charge on any atom is -0.329 e. The van der Waals surface area contributed by atoms with Crippen LogP contribution in [-0.2, 0) is 26.1 Å². The van der Waals surface area contributed by atoms with Gasteiger partial charge in [-0.05, 0) is 17.7 Å². The molecule has 4 rings (SSSR count). The molecule has 3 aromatic rings. The van der Waals surface area contributed by atoms with E-state index >= 15 is 0 Å². The minimum absolute atomic E-state index is 0.692. The maximum atomic E-state index is 9.05. The first-order chi connectivity index (χ1) is 12.3. The van der Waals surface area contributed by atoms with E-state index in [0.717, 1.165) is 49.7 Å². The van der Waals surface area contributed by atoms with E-state index in [0.29, 0.717) is 6.54 Å². The molecule has 0 aliphatic carbocycles. The summed E-state index contributed by atoms with van der Waals surface area (Å²) < 4.78 is 4.12. The third kappa shape index (κ3) is 3.44. The van der Waals surface area contributed by atoms with Gasteiger partial charge in [-0.1, -0.05) is 12.1 Å². The van der Waals surface area contributed by atoms with Crippen LogP contribution in [0.2, 0.25) is 0 Å². The number of nitrogens with zero attached hydrogens (tertiary/aromatic N) is 7. The quantitative estimate of drug-likeness (QED) is 0.722. The fraction of sp³-hybridized carbons (Fsp3) is 0.333. The molecule has 2 aromatic heterocycles. The lowest BCUT2D eigenvalue weighted by Gasteiger charge is -2.19. The van der Waals surface area contributed by atoms with Crippen LogP contribution in [-0.4, -0.2) is 42.3 Å². The van der Waals surface area contributed by atoms with Gasteiger partial charge < -0.3 is 4.57 Å². The Bertz CT molecular complexity index is 889. The summed E-state index contributed by atoms with van der Waals surface area (Å²) in [7, 11) is 0. The lowest BCUT2D eigenvalue weighted by atomic mass is 10.1. The highest BCUT2D eigenvalue weighted by Crippen LogP contribution is 2.15. The molecule has 0 amide bonds. The van der Waals surface area contributed by atoms with Crippen molar-refractivity contribution in [3.63, 3.8) is 0 Å². The molecule has 25 heavy (non-hydrogen) atoms. The summed E-state index contributed by atoms with van der Waals surface area (Å²) in [5.41, 5.74) is 3.06. The van der Waals surface area contributed by atoms with Gasteiger partial charge >= 0.3 is 0 Å². The second-order valence-electron chi connectivity index (χ2n) is 6.25. The van der Waals surface area contributed by atoms with Crippen LogP contribution in [0.25, 0.3) is 0 Å². The van der Waals surface area contributed by atoms with Crippen LogP contribution in [0.1, 0.15) is 22.6 Å². The zero-order valence-corrected chi connectivity index (χ0v) is 13.9. The lowest BCUT2D eigenvalue weighted by molar-refractivity contribution is 0.270. The van der Waals surface area contributed by atoms with Gasteiger partial charge in [-0.3, -0.25) is 4.90 Å². The summed E-state index contributed by atoms with van der Waals surface area (Å²) in [6.45, 7) is 4.40. The van der Waals surface area contributed by atoms with E-state index in [9.17, 15) is 0 Å². The molecule has 7 nitrogen and oxygen atoms in total. The van der Waals surface area contributed by atoms with Crippen molar-refractivity contribution in [1.82, 2.24) is 29.2 Å². The maximum Gasteiger partial charge on any atom is 0.137 e. The highest BCUT2D eigenvalue weighted by atomic mass is 15.3. The Kier molecular flexibility index (Phi) is 4.27. The number of nitriles is 1. The normalized spacial score (nSPS) is 14.7. The summed E-state index contributed by atoms with van der Waals surface area (Å²) in [4.78, 5) is 11.0. The molecule has 1 aliphatic rings. The molecule has 0 spiro atoms. The Morgan fingerprint density at radius 1 is 1.16 bits per heavy atom. The number of benzene rings is 1. The van der Waals surface area contributed by atoms with E-state index in [4.69, 9.17) is 5.26 Å². The predicted octanol–water partition coefficient (Wildman–Crippen LogP) is 1.45. The zero-order chi connectivity index (χ0) is 17.1. The largest absolute Gasteiger partial charge is 0.329 e. The molecule has 0 N–H and O–H groups in total. The fourth-order valence-electron chi connectivity index (χ4n) is 3.30. The van der Waals surface area contributed by atoms with Crippen molar-refractivity contribution >= 4 is 0 Å². The van der Waals surface area contributed by atoms with Crippen LogP contribution in [0.5, 0.6) is 0 Å². The second-order valence-corrected chi connectivity index (χ2v) is 6.25. The van der Waals surface area contributed by atoms with Crippen LogP contribution in [0.4, 0.5) is 0 Å². The van der Waals surface area contributed by atoms with E-state index in [1.54, 1.807) is 12.7 Å². The average Bonchev–Trinajstić information content (AvgIpc) is 3.23. The zero-order valence-electron chi connectivity index (χ0n) is 13.9. The summed E-state index contributed by atoms with van der Waals surface area (Å²) in [6.07, 6.45) is 6.15. The topological polar surface area (TPSA) is 75.6 Å². The number of hydrogen-bond donors (Lipinski definition) is 0. The van der Waals surface area contributed by atoms with Crippen LogP contribution in [0.3, 0.4) is 0 Å². The SMILES string of the molecule is N#Cc1cccc(CN2CCc3ncc(Cn4cncn4)n3CC2)c1. The van der Waals surface area contributed by atoms with Gasteiger partial charge in [0.2, 0.25) is 0 Å². The lowest BCUT2D eigenvalue weighted by Crippen LogP contribution is -2.26. The van der Waals surface area contributed by atoms with Crippen molar-refractivity contribution in [1.29, 1.82) is 5.26 Å². The van der Waals surface area contributed by atoms with E-state index < -0.39 is 0 Å². The van der Waals surface area contributed by atoms with Crippen LogP contribution in [0, 0.1) is 11.3 Å². The molecule has 0 saturated heterocycles. The highest BCUT2D eigenvalue weighted by molar-refractivity contribution is 5.32. The first kappa shape index (κ1) is 15.5. The van der Waals surface area contributed by atoms with Crippen LogP contribution >= 0.6 is 0 Å². The Hall–Kier alpha value is -2.98. The van der Waals surface area contributed by atoms with Gasteiger partial charge in [-0.25, -0.2) is 14.6 Å². The van der Waals surface area contributed by atoms with Crippen molar-refractivity contribution in [2.45, 2.75) is 26.1 Å². The number of hydrogen-bond acceptors (Lipinski definition) is 5. The van der Waals surface area contributed by atoms with Crippen LogP contribution in [0.15, 0.2) is 43.1 Å². The first-order valence-corrected chi connectivity index (χ1v) is 8.39. The van der Waals surface area contributed by atoms with Crippen molar-refractivity contribution in [2.24, 2.45) is 0 Å². The third-order valence-corrected chi connectivity index (χ3v) is 4.57. The van der Waals surface area contributed by atoms with Crippen LogP contribution < -0.4 is 0 Å². The molecule has 1 aromatic carbocycles. The van der Waals surface area contributed by atoms with Gasteiger partial charge in [0, 0.05) is 32.6 Å². The molecule has 0 unspecified atom stereocenters. The number of rotatable bonds is 4. The highest BCUT2D eigenvalue weighted by Gasteiger charge is 2.18. The molecule has 1 aliphatic heterocycles. The Morgan fingerprint density at radius 3 is 2.96 bits per heavy atom. The van der Waals surface area contributed by atoms with Gasteiger partial charge in [0.1, 0.15) is 18.5 Å². The van der Waals surface area contributed by atoms with Gasteiger partial charge in [-0.15, -0.1) is 0 Å². The summed E-state index contributed by atoms with van der Waals surface area (Å²) >= 11 is 0. The average molecular weight is 333 g/mol. The third-order valence-electron chi connectivity index (χ3n) is 4.57. The monoisotopic (exact) mass is 333 g/mol. The first-order valence-electron chi connectivity index (χ1n) is 8.39. The molecule has 0 fully saturated rings. The Balaban J connectivity index is 1.45. The number of aromatic nitrogens is 5. The molecule has 0 bridgehead atoms. The predicted molar refractivity (Wildman–Crippen MR) is 91.5 cm³/mol. The molecule has 0 saturated carbocycles. The molecule has 7 heteroatoms. The van der Waals surface area contributed by atoms with Gasteiger partial charge in [-0.2, -0.15) is 10.4 Å². The van der Waals surface area contributed by atoms with Crippen molar-refractivity contribution in [2.75, 3.05) is 13.1 Å². The number of imidazole rings is 1. The second kappa shape index (κ2) is 6.87. The molecule has 0 atom stereocenters. The summed E-state index contributed by atoms with van der Waals surface area (Å²) in [6, 6.07) is 10.1. The Morgan fingerprint density at radius 2 is 2.12 bits per heavy atom. The van der Waals surface area contributed by atoms with E-state index in [2.05, 4.69) is 36.7 Å². The fourth-order valence-corrected chi connectivity index (χ4v) is 3.30. The summed E-state index contributed by atoms with van der Waals surface area (Å²) in [5, 5.41) is 13.2. The molecular weight excluding hydrogens is 314 g/mol. The van der Waals surface area contributed by atoms with E-state index in [1.807, 2.05) is 29.1 Å². The van der Waals surface area contributed by atoms with Gasteiger partial charge in [0.25, 0.3) is 0 Å². The molecule has 0 radical (unpaired) electrons. The smallest absolute Gasteiger partial charge is 0.137 e. The van der Waals surface area contributed by atoms with Gasteiger partial charge in [0.15, 0.2) is 0 Å². The van der Waals surface area contributed by atoms with Crippen molar-refractivity contribution in [3.8, 4) is 6.07 Å². The standard InChI is InChI=1S/C18H19N7/c19-9-15-2-1-3-16(8-15)11-23-5-4-18-21-10-17(25(18)7-6-23)12-24-14-20-13-22-24/h1-3,8,10,13-14H,4-7,11-12H2. The molecular formula is C18H19N7. The maximum absolute atomic E-state index is 9.05. The summed E-state index contributed by atoms with van der Waals surface area (Å²) in [5.74, 6) is 1.13. The van der Waals surface area contributed by atoms with E-state index in [1.165, 1.54) is 5.56 Å². The van der Waals surface area contributed by atoms with Crippen molar-refractivity contribution < 1.29 is 0 Å².